The number of pyridine rings is 1. The van der Waals surface area contributed by atoms with Crippen LogP contribution in [-0.4, -0.2) is 23.0 Å². The average molecular weight is 348 g/mol. The molecule has 3 aromatic rings. The number of nitrogens with one attached hydrogen (secondary N) is 1. The summed E-state index contributed by atoms with van der Waals surface area (Å²) in [5.74, 6) is -0.446. The Morgan fingerprint density at radius 2 is 1.79 bits per heavy atom. The summed E-state index contributed by atoms with van der Waals surface area (Å²) in [6.45, 7) is 3.72. The molecule has 0 bridgehead atoms. The van der Waals surface area contributed by atoms with E-state index >= 15 is 0 Å². The Hall–Kier alpha value is -2.32. The van der Waals surface area contributed by atoms with Gasteiger partial charge in [-0.2, -0.15) is 0 Å². The van der Waals surface area contributed by atoms with E-state index in [-0.39, 0.29) is 10.8 Å². The number of nitrogens with zero attached hydrogens (tertiary/aromatic N) is 3. The van der Waals surface area contributed by atoms with E-state index in [1.807, 2.05) is 26.0 Å². The summed E-state index contributed by atoms with van der Waals surface area (Å²) in [4.78, 5) is -0.385. The molecule has 6 nitrogen and oxygen atoms in total. The minimum absolute atomic E-state index is 0.112. The van der Waals surface area contributed by atoms with Gasteiger partial charge in [-0.25, -0.2) is 17.5 Å². The summed E-state index contributed by atoms with van der Waals surface area (Å²) in [6.07, 6.45) is 1.76. The molecule has 1 atom stereocenters. The molecule has 0 aliphatic heterocycles. The van der Waals surface area contributed by atoms with E-state index < -0.39 is 21.9 Å². The van der Waals surface area contributed by atoms with Crippen LogP contribution in [0.4, 0.5) is 4.39 Å². The number of aromatic nitrogens is 3. The molecule has 0 saturated carbocycles. The van der Waals surface area contributed by atoms with Crippen molar-refractivity contribution in [1.29, 1.82) is 0 Å². The van der Waals surface area contributed by atoms with Gasteiger partial charge in [-0.15, -0.1) is 10.2 Å². The first-order valence-electron chi connectivity index (χ1n) is 7.46. The Bertz CT molecular complexity index is 969. The Labute approximate surface area is 139 Å². The fraction of sp³-hybridized carbons (Fsp3) is 0.250. The molecule has 2 heterocycles. The van der Waals surface area contributed by atoms with Crippen molar-refractivity contribution < 1.29 is 12.8 Å². The molecular weight excluding hydrogens is 331 g/mol. The standard InChI is InChI=1S/C16H17FN4O2S/c1-11(2)15(16-19-18-14-9-5-6-10-21(14)16)20-24(22,23)13-8-4-3-7-12(13)17/h3-11,15,20H,1-2H3. The van der Waals surface area contributed by atoms with E-state index in [2.05, 4.69) is 14.9 Å². The van der Waals surface area contributed by atoms with Gasteiger partial charge in [-0.05, 0) is 30.2 Å². The van der Waals surface area contributed by atoms with E-state index in [9.17, 15) is 12.8 Å². The summed E-state index contributed by atoms with van der Waals surface area (Å²) in [5.41, 5.74) is 0.614. The predicted molar refractivity (Wildman–Crippen MR) is 87.3 cm³/mol. The molecule has 1 N–H and O–H groups in total. The van der Waals surface area contributed by atoms with Crippen LogP contribution in [-0.2, 0) is 10.0 Å². The van der Waals surface area contributed by atoms with Gasteiger partial charge in [0.15, 0.2) is 11.5 Å². The first kappa shape index (κ1) is 16.5. The van der Waals surface area contributed by atoms with Crippen LogP contribution in [0.3, 0.4) is 0 Å². The van der Waals surface area contributed by atoms with Crippen molar-refractivity contribution in [2.75, 3.05) is 0 Å². The lowest BCUT2D eigenvalue weighted by molar-refractivity contribution is 0.439. The first-order valence-corrected chi connectivity index (χ1v) is 8.95. The second kappa shape index (κ2) is 6.29. The largest absolute Gasteiger partial charge is 0.285 e. The lowest BCUT2D eigenvalue weighted by Crippen LogP contribution is -2.33. The van der Waals surface area contributed by atoms with Crippen LogP contribution in [0, 0.1) is 11.7 Å². The van der Waals surface area contributed by atoms with Crippen LogP contribution in [0.25, 0.3) is 5.65 Å². The average Bonchev–Trinajstić information content (AvgIpc) is 2.96. The van der Waals surface area contributed by atoms with Crippen molar-refractivity contribution >= 4 is 15.7 Å². The fourth-order valence-electron chi connectivity index (χ4n) is 2.45. The summed E-state index contributed by atoms with van der Waals surface area (Å²) >= 11 is 0. The highest BCUT2D eigenvalue weighted by molar-refractivity contribution is 7.89. The van der Waals surface area contributed by atoms with Crippen molar-refractivity contribution in [1.82, 2.24) is 19.3 Å². The van der Waals surface area contributed by atoms with Crippen LogP contribution in [0.2, 0.25) is 0 Å². The number of benzene rings is 1. The second-order valence-electron chi connectivity index (χ2n) is 5.76. The van der Waals surface area contributed by atoms with Crippen LogP contribution in [0.15, 0.2) is 53.6 Å². The molecule has 2 aromatic heterocycles. The highest BCUT2D eigenvalue weighted by Gasteiger charge is 2.29. The van der Waals surface area contributed by atoms with E-state index in [0.29, 0.717) is 11.5 Å². The van der Waals surface area contributed by atoms with Crippen molar-refractivity contribution in [2.45, 2.75) is 24.8 Å². The highest BCUT2D eigenvalue weighted by Crippen LogP contribution is 2.24. The third-order valence-electron chi connectivity index (χ3n) is 3.69. The molecule has 0 aliphatic rings. The van der Waals surface area contributed by atoms with Crippen molar-refractivity contribution in [3.63, 3.8) is 0 Å². The van der Waals surface area contributed by atoms with Gasteiger partial charge in [0.2, 0.25) is 10.0 Å². The maximum Gasteiger partial charge on any atom is 0.244 e. The van der Waals surface area contributed by atoms with E-state index in [1.54, 1.807) is 16.7 Å². The van der Waals surface area contributed by atoms with Gasteiger partial charge in [0, 0.05) is 6.20 Å². The topological polar surface area (TPSA) is 76.4 Å². The van der Waals surface area contributed by atoms with Gasteiger partial charge < -0.3 is 0 Å². The molecule has 0 aliphatic carbocycles. The lowest BCUT2D eigenvalue weighted by atomic mass is 10.1. The van der Waals surface area contributed by atoms with Crippen LogP contribution >= 0.6 is 0 Å². The quantitative estimate of drug-likeness (QED) is 0.769. The minimum Gasteiger partial charge on any atom is -0.285 e. The molecule has 0 radical (unpaired) electrons. The van der Waals surface area contributed by atoms with Crippen molar-refractivity contribution in [3.8, 4) is 0 Å². The Morgan fingerprint density at radius 3 is 2.50 bits per heavy atom. The van der Waals surface area contributed by atoms with Gasteiger partial charge in [0.25, 0.3) is 0 Å². The molecule has 3 rings (SSSR count). The number of fused-ring (bicyclic) bond motifs is 1. The summed E-state index contributed by atoms with van der Waals surface area (Å²) < 4.78 is 43.3. The Kier molecular flexibility index (Phi) is 4.33. The van der Waals surface area contributed by atoms with E-state index in [1.165, 1.54) is 18.2 Å². The number of halogens is 1. The van der Waals surface area contributed by atoms with Crippen LogP contribution in [0.1, 0.15) is 25.7 Å². The summed E-state index contributed by atoms with van der Waals surface area (Å²) in [5, 5.41) is 8.16. The molecule has 8 heteroatoms. The molecule has 24 heavy (non-hydrogen) atoms. The van der Waals surface area contributed by atoms with Crippen molar-refractivity contribution in [2.24, 2.45) is 5.92 Å². The van der Waals surface area contributed by atoms with Gasteiger partial charge in [-0.1, -0.05) is 32.0 Å². The number of sulfonamides is 1. The zero-order chi connectivity index (χ0) is 17.3. The number of rotatable bonds is 5. The van der Waals surface area contributed by atoms with Crippen molar-refractivity contribution in [3.05, 3.63) is 60.3 Å². The smallest absolute Gasteiger partial charge is 0.244 e. The normalized spacial score (nSPS) is 13.5. The Balaban J connectivity index is 2.03. The van der Waals surface area contributed by atoms with E-state index in [0.717, 1.165) is 6.07 Å². The second-order valence-corrected chi connectivity index (χ2v) is 7.44. The third kappa shape index (κ3) is 3.02. The lowest BCUT2D eigenvalue weighted by Gasteiger charge is -2.21. The zero-order valence-electron chi connectivity index (χ0n) is 13.2. The predicted octanol–water partition coefficient (Wildman–Crippen LogP) is 2.54. The van der Waals surface area contributed by atoms with Crippen LogP contribution < -0.4 is 4.72 Å². The third-order valence-corrected chi connectivity index (χ3v) is 5.17. The van der Waals surface area contributed by atoms with Crippen LogP contribution in [0.5, 0.6) is 0 Å². The first-order chi connectivity index (χ1) is 11.4. The molecule has 1 aromatic carbocycles. The fourth-order valence-corrected chi connectivity index (χ4v) is 3.87. The van der Waals surface area contributed by atoms with Gasteiger partial charge in [0.1, 0.15) is 10.7 Å². The molecule has 0 fully saturated rings. The summed E-state index contributed by atoms with van der Waals surface area (Å²) in [7, 11) is -4.04. The molecule has 0 amide bonds. The van der Waals surface area contributed by atoms with Gasteiger partial charge in [0.05, 0.1) is 6.04 Å². The number of hydrogen-bond donors (Lipinski definition) is 1. The molecule has 0 spiro atoms. The minimum atomic E-state index is -4.04. The summed E-state index contributed by atoms with van der Waals surface area (Å²) in [6, 6.07) is 10.0. The Morgan fingerprint density at radius 1 is 1.08 bits per heavy atom. The highest BCUT2D eigenvalue weighted by atomic mass is 32.2. The SMILES string of the molecule is CC(C)C(NS(=O)(=O)c1ccccc1F)c1nnc2ccccn12. The number of hydrogen-bond acceptors (Lipinski definition) is 4. The van der Waals surface area contributed by atoms with Gasteiger partial charge in [-0.3, -0.25) is 4.40 Å². The zero-order valence-corrected chi connectivity index (χ0v) is 14.0. The van der Waals surface area contributed by atoms with Gasteiger partial charge >= 0.3 is 0 Å². The molecule has 1 unspecified atom stereocenters. The molecule has 126 valence electrons. The monoisotopic (exact) mass is 348 g/mol. The van der Waals surface area contributed by atoms with E-state index in [4.69, 9.17) is 0 Å². The maximum absolute atomic E-state index is 13.9. The maximum atomic E-state index is 13.9. The molecule has 0 saturated heterocycles. The molecular formula is C16H17FN4O2S.